The molecule has 0 spiro atoms. The second-order valence-electron chi connectivity index (χ2n) is 2.86. The Balaban J connectivity index is 2.90. The highest BCUT2D eigenvalue weighted by molar-refractivity contribution is 5.81. The third-order valence-electron chi connectivity index (χ3n) is 1.90. The molecule has 0 radical (unpaired) electrons. The van der Waals surface area contributed by atoms with Crippen LogP contribution in [0.3, 0.4) is 0 Å². The summed E-state index contributed by atoms with van der Waals surface area (Å²) in [4.78, 5) is 20.9. The Kier molecular flexibility index (Phi) is 3.23. The summed E-state index contributed by atoms with van der Waals surface area (Å²) in [6.45, 7) is 0. The standard InChI is InChI=1S/C10H10O4/c11-6-8-7(4-5-10(13)14)2-1-3-9(8)12/h1-3,6,12H,4-5H2,(H,13,14). The van der Waals surface area contributed by atoms with Gasteiger partial charge in [-0.3, -0.25) is 9.59 Å². The molecule has 2 N–H and O–H groups in total. The molecule has 1 aromatic carbocycles. The van der Waals surface area contributed by atoms with Crippen molar-refractivity contribution >= 4 is 12.3 Å². The largest absolute Gasteiger partial charge is 0.507 e. The van der Waals surface area contributed by atoms with E-state index in [1.807, 2.05) is 0 Å². The number of benzene rings is 1. The number of hydrogen-bond donors (Lipinski definition) is 2. The quantitative estimate of drug-likeness (QED) is 0.707. The molecule has 0 saturated heterocycles. The molecule has 0 aliphatic heterocycles. The first-order valence-electron chi connectivity index (χ1n) is 4.13. The van der Waals surface area contributed by atoms with Crippen LogP contribution in [0.15, 0.2) is 18.2 Å². The summed E-state index contributed by atoms with van der Waals surface area (Å²) in [7, 11) is 0. The number of phenolic OH excluding ortho intramolecular Hbond substituents is 1. The van der Waals surface area contributed by atoms with Crippen LogP contribution in [0.25, 0.3) is 0 Å². The Hall–Kier alpha value is -1.84. The molecule has 0 amide bonds. The number of phenols is 1. The van der Waals surface area contributed by atoms with E-state index in [-0.39, 0.29) is 24.2 Å². The van der Waals surface area contributed by atoms with E-state index in [4.69, 9.17) is 5.11 Å². The van der Waals surface area contributed by atoms with Crippen LogP contribution in [-0.4, -0.2) is 22.5 Å². The topological polar surface area (TPSA) is 74.6 Å². The first kappa shape index (κ1) is 10.2. The van der Waals surface area contributed by atoms with Crippen molar-refractivity contribution in [3.63, 3.8) is 0 Å². The monoisotopic (exact) mass is 194 g/mol. The molecule has 0 fully saturated rings. The van der Waals surface area contributed by atoms with Crippen molar-refractivity contribution in [2.75, 3.05) is 0 Å². The molecule has 1 aromatic rings. The summed E-state index contributed by atoms with van der Waals surface area (Å²) in [6, 6.07) is 4.61. The van der Waals surface area contributed by atoms with Crippen molar-refractivity contribution in [2.24, 2.45) is 0 Å². The molecule has 0 aliphatic carbocycles. The summed E-state index contributed by atoms with van der Waals surface area (Å²) in [5.74, 6) is -1.03. The fourth-order valence-corrected chi connectivity index (χ4v) is 1.20. The average molecular weight is 194 g/mol. The third-order valence-corrected chi connectivity index (χ3v) is 1.90. The molecule has 0 aromatic heterocycles. The van der Waals surface area contributed by atoms with Gasteiger partial charge in [-0.2, -0.15) is 0 Å². The maximum Gasteiger partial charge on any atom is 0.303 e. The minimum atomic E-state index is -0.926. The number of carbonyl (C=O) groups excluding carboxylic acids is 1. The maximum absolute atomic E-state index is 10.6. The van der Waals surface area contributed by atoms with Gasteiger partial charge in [-0.05, 0) is 18.1 Å². The second-order valence-corrected chi connectivity index (χ2v) is 2.86. The molecule has 0 atom stereocenters. The van der Waals surface area contributed by atoms with Crippen LogP contribution in [0.5, 0.6) is 5.75 Å². The third kappa shape index (κ3) is 2.32. The van der Waals surface area contributed by atoms with Crippen LogP contribution in [-0.2, 0) is 11.2 Å². The van der Waals surface area contributed by atoms with Gasteiger partial charge in [0, 0.05) is 6.42 Å². The molecule has 4 nitrogen and oxygen atoms in total. The predicted molar refractivity (Wildman–Crippen MR) is 49.5 cm³/mol. The highest BCUT2D eigenvalue weighted by Gasteiger charge is 2.07. The molecule has 0 aliphatic rings. The number of aliphatic carboxylic acids is 1. The fraction of sp³-hybridized carbons (Fsp3) is 0.200. The lowest BCUT2D eigenvalue weighted by Crippen LogP contribution is -2.00. The van der Waals surface area contributed by atoms with Crippen molar-refractivity contribution in [3.8, 4) is 5.75 Å². The first-order chi connectivity index (χ1) is 6.65. The van der Waals surface area contributed by atoms with E-state index in [0.717, 1.165) is 0 Å². The van der Waals surface area contributed by atoms with Crippen LogP contribution in [0.1, 0.15) is 22.3 Å². The maximum atomic E-state index is 10.6. The lowest BCUT2D eigenvalue weighted by Gasteiger charge is -2.04. The van der Waals surface area contributed by atoms with E-state index >= 15 is 0 Å². The highest BCUT2D eigenvalue weighted by atomic mass is 16.4. The summed E-state index contributed by atoms with van der Waals surface area (Å²) in [6.07, 6.45) is 0.731. The van der Waals surface area contributed by atoms with Gasteiger partial charge in [0.1, 0.15) is 5.75 Å². The van der Waals surface area contributed by atoms with Gasteiger partial charge >= 0.3 is 5.97 Å². The number of carboxylic acids is 1. The average Bonchev–Trinajstić information content (AvgIpc) is 2.14. The fourth-order valence-electron chi connectivity index (χ4n) is 1.20. The Morgan fingerprint density at radius 1 is 1.43 bits per heavy atom. The first-order valence-corrected chi connectivity index (χ1v) is 4.13. The van der Waals surface area contributed by atoms with Crippen LogP contribution >= 0.6 is 0 Å². The Labute approximate surface area is 80.8 Å². The summed E-state index contributed by atoms with van der Waals surface area (Å²) in [5, 5.41) is 17.7. The van der Waals surface area contributed by atoms with Crippen molar-refractivity contribution in [3.05, 3.63) is 29.3 Å². The van der Waals surface area contributed by atoms with Gasteiger partial charge in [0.2, 0.25) is 0 Å². The summed E-state index contributed by atoms with van der Waals surface area (Å²) >= 11 is 0. The molecule has 0 saturated carbocycles. The van der Waals surface area contributed by atoms with Crippen LogP contribution in [0.2, 0.25) is 0 Å². The number of carbonyl (C=O) groups is 2. The number of aromatic hydroxyl groups is 1. The molecule has 74 valence electrons. The zero-order valence-corrected chi connectivity index (χ0v) is 7.43. The number of carboxylic acid groups (broad SMARTS) is 1. The zero-order valence-electron chi connectivity index (χ0n) is 7.43. The Morgan fingerprint density at radius 3 is 2.71 bits per heavy atom. The van der Waals surface area contributed by atoms with Gasteiger partial charge in [-0.25, -0.2) is 0 Å². The van der Waals surface area contributed by atoms with E-state index in [1.54, 1.807) is 12.1 Å². The van der Waals surface area contributed by atoms with E-state index in [1.165, 1.54) is 6.07 Å². The van der Waals surface area contributed by atoms with Gasteiger partial charge in [0.25, 0.3) is 0 Å². The van der Waals surface area contributed by atoms with Crippen molar-refractivity contribution in [2.45, 2.75) is 12.8 Å². The van der Waals surface area contributed by atoms with E-state index in [2.05, 4.69) is 0 Å². The van der Waals surface area contributed by atoms with Gasteiger partial charge in [-0.1, -0.05) is 12.1 Å². The van der Waals surface area contributed by atoms with Gasteiger partial charge in [0.15, 0.2) is 6.29 Å². The predicted octanol–water partition coefficient (Wildman–Crippen LogP) is 1.22. The summed E-state index contributed by atoms with van der Waals surface area (Å²) in [5.41, 5.74) is 0.733. The number of hydrogen-bond acceptors (Lipinski definition) is 3. The second kappa shape index (κ2) is 4.41. The Morgan fingerprint density at radius 2 is 2.14 bits per heavy atom. The van der Waals surface area contributed by atoms with Gasteiger partial charge in [0.05, 0.1) is 5.56 Å². The van der Waals surface area contributed by atoms with E-state index < -0.39 is 5.97 Å². The Bertz CT molecular complexity index is 357. The van der Waals surface area contributed by atoms with Crippen molar-refractivity contribution < 1.29 is 19.8 Å². The highest BCUT2D eigenvalue weighted by Crippen LogP contribution is 2.19. The molecule has 14 heavy (non-hydrogen) atoms. The lowest BCUT2D eigenvalue weighted by atomic mass is 10.0. The lowest BCUT2D eigenvalue weighted by molar-refractivity contribution is -0.136. The van der Waals surface area contributed by atoms with Crippen LogP contribution in [0, 0.1) is 0 Å². The molecule has 0 unspecified atom stereocenters. The normalized spacial score (nSPS) is 9.71. The molecule has 4 heteroatoms. The number of aryl methyl sites for hydroxylation is 1. The van der Waals surface area contributed by atoms with Crippen molar-refractivity contribution in [1.82, 2.24) is 0 Å². The van der Waals surface area contributed by atoms with E-state index in [9.17, 15) is 14.7 Å². The number of aldehydes is 1. The molecule has 0 bridgehead atoms. The molecule has 0 heterocycles. The van der Waals surface area contributed by atoms with E-state index in [0.29, 0.717) is 11.8 Å². The molecular formula is C10H10O4. The van der Waals surface area contributed by atoms with Gasteiger partial charge < -0.3 is 10.2 Å². The smallest absolute Gasteiger partial charge is 0.303 e. The minimum Gasteiger partial charge on any atom is -0.507 e. The minimum absolute atomic E-state index is 0.0513. The molecule has 1 rings (SSSR count). The molecular weight excluding hydrogens is 184 g/mol. The number of rotatable bonds is 4. The van der Waals surface area contributed by atoms with Crippen molar-refractivity contribution in [1.29, 1.82) is 0 Å². The van der Waals surface area contributed by atoms with Gasteiger partial charge in [-0.15, -0.1) is 0 Å². The van der Waals surface area contributed by atoms with Crippen LogP contribution in [0.4, 0.5) is 0 Å². The summed E-state index contributed by atoms with van der Waals surface area (Å²) < 4.78 is 0. The zero-order chi connectivity index (χ0) is 10.6. The SMILES string of the molecule is O=Cc1c(O)cccc1CCC(=O)O. The van der Waals surface area contributed by atoms with Crippen LogP contribution < -0.4 is 0 Å².